The molecule has 0 amide bonds. The van der Waals surface area contributed by atoms with Crippen molar-refractivity contribution in [2.45, 2.75) is 49.5 Å². The van der Waals surface area contributed by atoms with Crippen LogP contribution in [0.4, 0.5) is 0 Å². The summed E-state index contributed by atoms with van der Waals surface area (Å²) in [6.45, 7) is 1.86. The SMILES string of the molecule is Cc1cccc(C(=O)C2CC3CCCC(C2)S3(=O)=O)n1. The lowest BCUT2D eigenvalue weighted by Crippen LogP contribution is -2.45. The first-order chi connectivity index (χ1) is 9.48. The van der Waals surface area contributed by atoms with Crippen LogP contribution in [0.5, 0.6) is 0 Å². The van der Waals surface area contributed by atoms with E-state index in [1.54, 1.807) is 6.07 Å². The molecular formula is C15H19NO3S. The van der Waals surface area contributed by atoms with Gasteiger partial charge in [0.05, 0.1) is 10.5 Å². The van der Waals surface area contributed by atoms with E-state index in [4.69, 9.17) is 0 Å². The Balaban J connectivity index is 1.85. The second kappa shape index (κ2) is 4.95. The number of aromatic nitrogens is 1. The number of carbonyl (C=O) groups excluding carboxylic acids is 1. The first-order valence-electron chi connectivity index (χ1n) is 7.19. The fraction of sp³-hybridized carbons (Fsp3) is 0.600. The molecule has 2 aliphatic rings. The molecule has 2 atom stereocenters. The van der Waals surface area contributed by atoms with Crippen LogP contribution in [0.25, 0.3) is 0 Å². The van der Waals surface area contributed by atoms with E-state index >= 15 is 0 Å². The minimum absolute atomic E-state index is 0.0144. The largest absolute Gasteiger partial charge is 0.292 e. The maximum absolute atomic E-state index is 12.5. The van der Waals surface area contributed by atoms with E-state index in [9.17, 15) is 13.2 Å². The van der Waals surface area contributed by atoms with Crippen LogP contribution in [0.2, 0.25) is 0 Å². The Morgan fingerprint density at radius 1 is 1.20 bits per heavy atom. The van der Waals surface area contributed by atoms with Crippen LogP contribution < -0.4 is 0 Å². The Kier molecular flexibility index (Phi) is 3.40. The number of sulfone groups is 1. The number of carbonyl (C=O) groups is 1. The molecule has 20 heavy (non-hydrogen) atoms. The van der Waals surface area contributed by atoms with Crippen LogP contribution in [0, 0.1) is 12.8 Å². The maximum Gasteiger partial charge on any atom is 0.184 e. The molecule has 2 bridgehead atoms. The molecule has 2 saturated heterocycles. The number of aryl methyl sites for hydroxylation is 1. The van der Waals surface area contributed by atoms with Crippen LogP contribution >= 0.6 is 0 Å². The van der Waals surface area contributed by atoms with Crippen LogP contribution in [-0.4, -0.2) is 29.7 Å². The van der Waals surface area contributed by atoms with Crippen LogP contribution in [-0.2, 0) is 9.84 Å². The summed E-state index contributed by atoms with van der Waals surface area (Å²) >= 11 is 0. The topological polar surface area (TPSA) is 64.1 Å². The van der Waals surface area contributed by atoms with Gasteiger partial charge in [0.15, 0.2) is 15.6 Å². The quantitative estimate of drug-likeness (QED) is 0.785. The molecule has 5 heteroatoms. The number of nitrogens with zero attached hydrogens (tertiary/aromatic N) is 1. The van der Waals surface area contributed by atoms with Crippen molar-refractivity contribution in [2.75, 3.05) is 0 Å². The van der Waals surface area contributed by atoms with Gasteiger partial charge in [0.25, 0.3) is 0 Å². The molecule has 2 unspecified atom stereocenters. The fourth-order valence-corrected chi connectivity index (χ4v) is 6.05. The van der Waals surface area contributed by atoms with Crippen molar-refractivity contribution < 1.29 is 13.2 Å². The Hall–Kier alpha value is -1.23. The van der Waals surface area contributed by atoms with Crippen molar-refractivity contribution in [1.29, 1.82) is 0 Å². The van der Waals surface area contributed by atoms with Gasteiger partial charge in [0.1, 0.15) is 5.69 Å². The van der Waals surface area contributed by atoms with Gasteiger partial charge in [0, 0.05) is 11.6 Å². The van der Waals surface area contributed by atoms with E-state index in [2.05, 4.69) is 4.98 Å². The van der Waals surface area contributed by atoms with Gasteiger partial charge in [-0.15, -0.1) is 0 Å². The minimum atomic E-state index is -2.99. The fourth-order valence-electron chi connectivity index (χ4n) is 3.51. The van der Waals surface area contributed by atoms with Crippen molar-refractivity contribution in [1.82, 2.24) is 4.98 Å². The van der Waals surface area contributed by atoms with Crippen molar-refractivity contribution in [3.8, 4) is 0 Å². The van der Waals surface area contributed by atoms with Crippen molar-refractivity contribution in [3.05, 3.63) is 29.6 Å². The van der Waals surface area contributed by atoms with E-state index in [0.717, 1.165) is 12.1 Å². The highest BCUT2D eigenvalue weighted by Gasteiger charge is 2.46. The third-order valence-corrected chi connectivity index (χ3v) is 7.30. The molecule has 0 N–H and O–H groups in total. The molecule has 3 heterocycles. The second-order valence-corrected chi connectivity index (χ2v) is 8.47. The summed E-state index contributed by atoms with van der Waals surface area (Å²) in [6.07, 6.45) is 3.35. The summed E-state index contributed by atoms with van der Waals surface area (Å²) in [7, 11) is -2.99. The number of Topliss-reactive ketones (excluding diaryl/α,β-unsaturated/α-hetero) is 1. The predicted octanol–water partition coefficient (Wildman–Crippen LogP) is 2.32. The number of rotatable bonds is 2. The average molecular weight is 293 g/mol. The standard InChI is InChI=1S/C15H19NO3S/c1-10-4-2-7-14(16-10)15(17)11-8-12-5-3-6-13(9-11)20(12,18)19/h2,4,7,11-13H,3,5-6,8-9H2,1H3. The lowest BCUT2D eigenvalue weighted by atomic mass is 9.85. The summed E-state index contributed by atoms with van der Waals surface area (Å²) in [4.78, 5) is 16.8. The van der Waals surface area contributed by atoms with Crippen molar-refractivity contribution >= 4 is 15.6 Å². The van der Waals surface area contributed by atoms with E-state index in [-0.39, 0.29) is 22.2 Å². The zero-order valence-corrected chi connectivity index (χ0v) is 12.4. The molecule has 108 valence electrons. The van der Waals surface area contributed by atoms with Crippen LogP contribution in [0.3, 0.4) is 0 Å². The highest BCUT2D eigenvalue weighted by molar-refractivity contribution is 7.92. The second-order valence-electron chi connectivity index (χ2n) is 5.96. The lowest BCUT2D eigenvalue weighted by molar-refractivity contribution is 0.0888. The molecule has 0 radical (unpaired) electrons. The van der Waals surface area contributed by atoms with Gasteiger partial charge in [-0.3, -0.25) is 9.78 Å². The molecule has 0 spiro atoms. The zero-order valence-electron chi connectivity index (χ0n) is 11.6. The predicted molar refractivity (Wildman–Crippen MR) is 76.4 cm³/mol. The molecule has 1 aromatic heterocycles. The van der Waals surface area contributed by atoms with Gasteiger partial charge >= 0.3 is 0 Å². The van der Waals surface area contributed by atoms with Crippen molar-refractivity contribution in [2.24, 2.45) is 5.92 Å². The highest BCUT2D eigenvalue weighted by Crippen LogP contribution is 2.40. The van der Waals surface area contributed by atoms with E-state index in [1.807, 2.05) is 19.1 Å². The summed E-state index contributed by atoms with van der Waals surface area (Å²) in [5.74, 6) is -0.163. The molecule has 0 aliphatic carbocycles. The molecule has 2 fully saturated rings. The molecular weight excluding hydrogens is 274 g/mol. The Labute approximate surface area is 119 Å². The number of hydrogen-bond acceptors (Lipinski definition) is 4. The van der Waals surface area contributed by atoms with Gasteiger partial charge in [-0.25, -0.2) is 8.42 Å². The van der Waals surface area contributed by atoms with Crippen molar-refractivity contribution in [3.63, 3.8) is 0 Å². The van der Waals surface area contributed by atoms with Gasteiger partial charge in [-0.1, -0.05) is 12.5 Å². The number of ketones is 1. The number of fused-ring (bicyclic) bond motifs is 2. The summed E-state index contributed by atoms with van der Waals surface area (Å²) in [6, 6.07) is 5.42. The van der Waals surface area contributed by atoms with Crippen LogP contribution in [0.15, 0.2) is 18.2 Å². The smallest absolute Gasteiger partial charge is 0.184 e. The third-order valence-electron chi connectivity index (χ3n) is 4.59. The Bertz CT molecular complexity index is 618. The molecule has 0 aromatic carbocycles. The first kappa shape index (κ1) is 13.7. The normalized spacial score (nSPS) is 31.8. The minimum Gasteiger partial charge on any atom is -0.292 e. The average Bonchev–Trinajstić information content (AvgIpc) is 2.36. The lowest BCUT2D eigenvalue weighted by Gasteiger charge is -2.37. The van der Waals surface area contributed by atoms with E-state index in [1.165, 1.54) is 0 Å². The van der Waals surface area contributed by atoms with E-state index in [0.29, 0.717) is 31.4 Å². The monoisotopic (exact) mass is 293 g/mol. The summed E-state index contributed by atoms with van der Waals surface area (Å²) < 4.78 is 24.5. The number of hydrogen-bond donors (Lipinski definition) is 0. The molecule has 1 aromatic rings. The zero-order chi connectivity index (χ0) is 14.3. The van der Waals surface area contributed by atoms with Gasteiger partial charge < -0.3 is 0 Å². The molecule has 0 saturated carbocycles. The molecule has 2 aliphatic heterocycles. The maximum atomic E-state index is 12.5. The van der Waals surface area contributed by atoms with Gasteiger partial charge in [-0.2, -0.15) is 0 Å². The van der Waals surface area contributed by atoms with Gasteiger partial charge in [-0.05, 0) is 44.7 Å². The van der Waals surface area contributed by atoms with Gasteiger partial charge in [0.2, 0.25) is 0 Å². The number of pyridine rings is 1. The Morgan fingerprint density at radius 2 is 1.85 bits per heavy atom. The van der Waals surface area contributed by atoms with E-state index < -0.39 is 9.84 Å². The summed E-state index contributed by atoms with van der Waals surface area (Å²) in [5, 5.41) is -0.623. The Morgan fingerprint density at radius 3 is 2.45 bits per heavy atom. The summed E-state index contributed by atoms with van der Waals surface area (Å²) in [5.41, 5.74) is 1.30. The highest BCUT2D eigenvalue weighted by atomic mass is 32.2. The first-order valence-corrected chi connectivity index (χ1v) is 8.80. The molecule has 4 nitrogen and oxygen atoms in total. The molecule has 3 rings (SSSR count). The third kappa shape index (κ3) is 2.28. The van der Waals surface area contributed by atoms with Crippen LogP contribution in [0.1, 0.15) is 48.3 Å².